The van der Waals surface area contributed by atoms with E-state index in [2.05, 4.69) is 21.6 Å². The van der Waals surface area contributed by atoms with Crippen LogP contribution in [0, 0.1) is 11.3 Å². The Hall–Kier alpha value is -3.35. The Morgan fingerprint density at radius 3 is 2.79 bits per heavy atom. The number of hydrogen-bond donors (Lipinski definition) is 1. The van der Waals surface area contributed by atoms with Crippen molar-refractivity contribution in [2.45, 2.75) is 37.3 Å². The van der Waals surface area contributed by atoms with Gasteiger partial charge in [0.15, 0.2) is 10.9 Å². The number of hydrogen-bond acceptors (Lipinski definition) is 7. The number of carbonyl (C=O) groups excluding carboxylic acids is 1. The molecule has 1 amide bonds. The van der Waals surface area contributed by atoms with Gasteiger partial charge in [-0.3, -0.25) is 9.36 Å². The molecule has 0 spiro atoms. The number of nitriles is 1. The van der Waals surface area contributed by atoms with E-state index in [4.69, 9.17) is 4.42 Å². The van der Waals surface area contributed by atoms with E-state index >= 15 is 0 Å². The van der Waals surface area contributed by atoms with Crippen LogP contribution in [0.4, 0.5) is 5.00 Å². The molecule has 33 heavy (non-hydrogen) atoms. The zero-order valence-electron chi connectivity index (χ0n) is 17.8. The SMILES string of the molecule is N#Cc1c(NC(=O)CSc2nnc(-c3ccco3)n2-c2ccccc2)sc2c1CCCCC2. The third-order valence-corrected chi connectivity index (χ3v) is 7.64. The number of fused-ring (bicyclic) bond motifs is 1. The summed E-state index contributed by atoms with van der Waals surface area (Å²) in [5, 5.41) is 22.5. The summed E-state index contributed by atoms with van der Waals surface area (Å²) in [5.74, 6) is 1.15. The van der Waals surface area contributed by atoms with Crippen LogP contribution in [0.15, 0.2) is 58.3 Å². The first kappa shape index (κ1) is 21.5. The highest BCUT2D eigenvalue weighted by Gasteiger charge is 2.22. The molecule has 0 saturated heterocycles. The van der Waals surface area contributed by atoms with Gasteiger partial charge in [0.1, 0.15) is 11.1 Å². The highest BCUT2D eigenvalue weighted by molar-refractivity contribution is 7.99. The number of nitrogens with one attached hydrogen (secondary N) is 1. The number of aryl methyl sites for hydroxylation is 1. The molecule has 1 aliphatic rings. The summed E-state index contributed by atoms with van der Waals surface area (Å²) < 4.78 is 7.41. The second-order valence-corrected chi connectivity index (χ2v) is 9.72. The Balaban J connectivity index is 1.35. The molecule has 0 atom stereocenters. The number of aromatic nitrogens is 3. The first-order valence-electron chi connectivity index (χ1n) is 10.8. The molecule has 0 aliphatic heterocycles. The van der Waals surface area contributed by atoms with Crippen molar-refractivity contribution in [3.05, 3.63) is 64.7 Å². The molecule has 7 nitrogen and oxygen atoms in total. The maximum Gasteiger partial charge on any atom is 0.235 e. The standard InChI is InChI=1S/C24H21N5O2S2/c25-14-18-17-10-5-2-6-12-20(17)33-23(18)26-21(30)15-32-24-28-27-22(19-11-7-13-31-19)29(24)16-8-3-1-4-9-16/h1,3-4,7-9,11,13H,2,5-6,10,12,15H2,(H,26,30). The molecule has 0 saturated carbocycles. The molecule has 0 bridgehead atoms. The lowest BCUT2D eigenvalue weighted by Crippen LogP contribution is -2.14. The molecule has 4 aromatic rings. The van der Waals surface area contributed by atoms with Crippen molar-refractivity contribution in [2.75, 3.05) is 11.1 Å². The molecule has 0 fully saturated rings. The number of nitrogens with zero attached hydrogens (tertiary/aromatic N) is 4. The second-order valence-electron chi connectivity index (χ2n) is 7.67. The fraction of sp³-hybridized carbons (Fsp3) is 0.250. The number of para-hydroxylation sites is 1. The van der Waals surface area contributed by atoms with Gasteiger partial charge < -0.3 is 9.73 Å². The minimum absolute atomic E-state index is 0.149. The lowest BCUT2D eigenvalue weighted by Gasteiger charge is -2.09. The van der Waals surface area contributed by atoms with Crippen LogP contribution in [-0.2, 0) is 17.6 Å². The van der Waals surface area contributed by atoms with Gasteiger partial charge in [0.25, 0.3) is 0 Å². The minimum Gasteiger partial charge on any atom is -0.461 e. The molecule has 1 aliphatic carbocycles. The molecule has 166 valence electrons. The zero-order valence-corrected chi connectivity index (χ0v) is 19.4. The van der Waals surface area contributed by atoms with Crippen LogP contribution in [0.1, 0.15) is 35.3 Å². The van der Waals surface area contributed by atoms with Crippen LogP contribution in [0.5, 0.6) is 0 Å². The highest BCUT2D eigenvalue weighted by Crippen LogP contribution is 2.37. The summed E-state index contributed by atoms with van der Waals surface area (Å²) in [5.41, 5.74) is 2.63. The van der Waals surface area contributed by atoms with E-state index < -0.39 is 0 Å². The summed E-state index contributed by atoms with van der Waals surface area (Å²) in [6, 6.07) is 15.7. The van der Waals surface area contributed by atoms with Gasteiger partial charge in [0, 0.05) is 10.6 Å². The van der Waals surface area contributed by atoms with Crippen LogP contribution >= 0.6 is 23.1 Å². The number of thioether (sulfide) groups is 1. The molecule has 0 radical (unpaired) electrons. The Kier molecular flexibility index (Phi) is 6.28. The van der Waals surface area contributed by atoms with E-state index in [1.807, 2.05) is 41.0 Å². The first-order valence-corrected chi connectivity index (χ1v) is 12.6. The number of thiophene rings is 1. The van der Waals surface area contributed by atoms with Crippen LogP contribution in [0.2, 0.25) is 0 Å². The summed E-state index contributed by atoms with van der Waals surface area (Å²) in [6.07, 6.45) is 6.90. The molecular formula is C24H21N5O2S2. The Morgan fingerprint density at radius 1 is 1.15 bits per heavy atom. The first-order chi connectivity index (χ1) is 16.2. The Morgan fingerprint density at radius 2 is 2.00 bits per heavy atom. The van der Waals surface area contributed by atoms with Crippen LogP contribution in [-0.4, -0.2) is 26.4 Å². The van der Waals surface area contributed by atoms with E-state index in [1.54, 1.807) is 23.7 Å². The Labute approximate surface area is 199 Å². The summed E-state index contributed by atoms with van der Waals surface area (Å²) in [7, 11) is 0. The van der Waals surface area contributed by atoms with Gasteiger partial charge in [0.05, 0.1) is 17.6 Å². The van der Waals surface area contributed by atoms with Gasteiger partial charge in [0.2, 0.25) is 11.7 Å². The molecule has 3 heterocycles. The van der Waals surface area contributed by atoms with Crippen molar-refractivity contribution < 1.29 is 9.21 Å². The van der Waals surface area contributed by atoms with Crippen molar-refractivity contribution in [1.82, 2.24) is 14.8 Å². The predicted octanol–water partition coefficient (Wildman–Crippen LogP) is 5.46. The van der Waals surface area contributed by atoms with Crippen LogP contribution in [0.25, 0.3) is 17.3 Å². The normalized spacial score (nSPS) is 13.2. The highest BCUT2D eigenvalue weighted by atomic mass is 32.2. The lowest BCUT2D eigenvalue weighted by atomic mass is 10.1. The number of carbonyl (C=O) groups is 1. The topological polar surface area (TPSA) is 96.7 Å². The molecular weight excluding hydrogens is 454 g/mol. The van der Waals surface area contributed by atoms with Gasteiger partial charge in [-0.1, -0.05) is 36.4 Å². The lowest BCUT2D eigenvalue weighted by molar-refractivity contribution is -0.113. The number of benzene rings is 1. The third kappa shape index (κ3) is 4.45. The quantitative estimate of drug-likeness (QED) is 0.294. The number of amides is 1. The molecule has 3 aromatic heterocycles. The maximum atomic E-state index is 12.8. The van der Waals surface area contributed by atoms with E-state index in [-0.39, 0.29) is 11.7 Å². The monoisotopic (exact) mass is 475 g/mol. The fourth-order valence-electron chi connectivity index (χ4n) is 3.98. The van der Waals surface area contributed by atoms with Gasteiger partial charge in [-0.05, 0) is 55.5 Å². The largest absolute Gasteiger partial charge is 0.461 e. The average molecular weight is 476 g/mol. The summed E-state index contributed by atoms with van der Waals surface area (Å²) in [4.78, 5) is 14.0. The molecule has 9 heteroatoms. The van der Waals surface area contributed by atoms with E-state index in [0.717, 1.165) is 36.9 Å². The van der Waals surface area contributed by atoms with Crippen molar-refractivity contribution in [3.63, 3.8) is 0 Å². The summed E-state index contributed by atoms with van der Waals surface area (Å²) >= 11 is 2.84. The smallest absolute Gasteiger partial charge is 0.235 e. The van der Waals surface area contributed by atoms with Gasteiger partial charge >= 0.3 is 0 Å². The second kappa shape index (κ2) is 9.65. The van der Waals surface area contributed by atoms with Gasteiger partial charge in [-0.15, -0.1) is 21.5 Å². The van der Waals surface area contributed by atoms with Crippen LogP contribution in [0.3, 0.4) is 0 Å². The van der Waals surface area contributed by atoms with Crippen molar-refractivity contribution in [2.24, 2.45) is 0 Å². The maximum absolute atomic E-state index is 12.8. The van der Waals surface area contributed by atoms with Crippen molar-refractivity contribution in [1.29, 1.82) is 5.26 Å². The van der Waals surface area contributed by atoms with Crippen molar-refractivity contribution >= 4 is 34.0 Å². The van der Waals surface area contributed by atoms with Gasteiger partial charge in [-0.2, -0.15) is 5.26 Å². The summed E-state index contributed by atoms with van der Waals surface area (Å²) in [6.45, 7) is 0. The van der Waals surface area contributed by atoms with E-state index in [1.165, 1.54) is 23.1 Å². The molecule has 1 N–H and O–H groups in total. The molecule has 5 rings (SSSR count). The molecule has 0 unspecified atom stereocenters. The van der Waals surface area contributed by atoms with Crippen molar-refractivity contribution in [3.8, 4) is 23.3 Å². The minimum atomic E-state index is -0.171. The fourth-order valence-corrected chi connectivity index (χ4v) is 5.99. The predicted molar refractivity (Wildman–Crippen MR) is 129 cm³/mol. The Bertz CT molecular complexity index is 1300. The van der Waals surface area contributed by atoms with E-state index in [0.29, 0.717) is 27.3 Å². The third-order valence-electron chi connectivity index (χ3n) is 5.51. The van der Waals surface area contributed by atoms with E-state index in [9.17, 15) is 10.1 Å². The number of furan rings is 1. The van der Waals surface area contributed by atoms with Crippen LogP contribution < -0.4 is 5.32 Å². The number of rotatable bonds is 6. The zero-order chi connectivity index (χ0) is 22.6. The average Bonchev–Trinajstić information content (AvgIpc) is 3.54. The van der Waals surface area contributed by atoms with Gasteiger partial charge in [-0.25, -0.2) is 0 Å². The molecule has 1 aromatic carbocycles. The number of anilines is 1.